The van der Waals surface area contributed by atoms with Gasteiger partial charge in [-0.05, 0) is 169 Å². The number of morpholine rings is 3. The van der Waals surface area contributed by atoms with E-state index in [9.17, 15) is 0 Å². The van der Waals surface area contributed by atoms with E-state index in [0.29, 0.717) is 0 Å². The van der Waals surface area contributed by atoms with Gasteiger partial charge in [-0.2, -0.15) is 0 Å². The van der Waals surface area contributed by atoms with Crippen LogP contribution in [0.3, 0.4) is 0 Å². The largest absolute Gasteiger partial charge is 0.494 e. The molecule has 0 unspecified atom stereocenters. The van der Waals surface area contributed by atoms with Crippen molar-refractivity contribution in [2.75, 3.05) is 93.6 Å². The SMILES string of the molecule is Brc1ccc2c(c1)C(c1ccnc(N3CCOCC3)c1)=NC2.CC1(C)OB(c2ccncc2)OC1(C)C.c1cc(-c2ccc3c(c2)C(c2ccnc(N4CCOCC4)c2)=NC3)ccn1.c1cc(-c2ccc3c(c2)C(c2ccnc(N4CCOCC4)c2)=NC3)ccn1. The van der Waals surface area contributed by atoms with E-state index in [-0.39, 0.29) is 18.3 Å². The number of aromatic nitrogens is 6. The standard InChI is InChI=1S/2C22H20N4O.C17H16BrN3O.C11H16BNO2/c2*1-2-19-15-25-22(20(19)13-17(1)16-3-6-23-7-4-16)18-5-8-24-21(14-18)26-9-11-27-12-10-26;18-14-2-1-13-11-20-17(15(13)10-14)12-3-4-19-16(9-12)21-5-7-22-8-6-21;1-10(2)11(3,4)15-12(14-10)9-5-7-13-8-6-9/h2*1-8,13-14H,9-12,15H2;1-4,9-10H,5-8,11H2;5-8H,1-4H3. The van der Waals surface area contributed by atoms with Crippen LogP contribution in [0.15, 0.2) is 203 Å². The van der Waals surface area contributed by atoms with Gasteiger partial charge in [-0.15, -0.1) is 0 Å². The lowest BCUT2D eigenvalue weighted by Crippen LogP contribution is -2.41. The molecule has 7 aliphatic rings. The summed E-state index contributed by atoms with van der Waals surface area (Å²) in [5.74, 6) is 3.00. The zero-order valence-electron chi connectivity index (χ0n) is 51.8. The fraction of sp³-hybridized carbons (Fsp3) is 0.292. The first kappa shape index (κ1) is 61.2. The second kappa shape index (κ2) is 27.8. The third-order valence-corrected chi connectivity index (χ3v) is 18.1. The van der Waals surface area contributed by atoms with Crippen molar-refractivity contribution >= 4 is 63.1 Å². The lowest BCUT2D eigenvalue weighted by atomic mass is 9.80. The first-order valence-corrected chi connectivity index (χ1v) is 31.9. The maximum Gasteiger partial charge on any atom is 0.494 e. The summed E-state index contributed by atoms with van der Waals surface area (Å²) >= 11 is 3.55. The highest BCUT2D eigenvalue weighted by molar-refractivity contribution is 9.10. The summed E-state index contributed by atoms with van der Waals surface area (Å²) in [7, 11) is -0.280. The van der Waals surface area contributed by atoms with Gasteiger partial charge in [0.1, 0.15) is 17.5 Å². The molecule has 0 amide bonds. The van der Waals surface area contributed by atoms with E-state index in [1.165, 1.54) is 55.6 Å². The van der Waals surface area contributed by atoms with Crippen LogP contribution in [0.2, 0.25) is 0 Å². The van der Waals surface area contributed by atoms with Gasteiger partial charge < -0.3 is 38.2 Å². The third-order valence-electron chi connectivity index (χ3n) is 17.6. The minimum atomic E-state index is -0.280. The van der Waals surface area contributed by atoms with Gasteiger partial charge in [0.05, 0.1) is 87.6 Å². The Hall–Kier alpha value is -8.69. The molecule has 0 aliphatic carbocycles. The molecular formula is C72H72BBrN12O5. The quantitative estimate of drug-likeness (QED) is 0.125. The van der Waals surface area contributed by atoms with E-state index in [1.54, 1.807) is 12.4 Å². The molecule has 0 spiro atoms. The summed E-state index contributed by atoms with van der Waals surface area (Å²) in [6.45, 7) is 20.3. The van der Waals surface area contributed by atoms with Crippen molar-refractivity contribution in [1.29, 1.82) is 0 Å². The second-order valence-electron chi connectivity index (χ2n) is 23.9. The molecule has 0 radical (unpaired) electrons. The third kappa shape index (κ3) is 14.1. The molecule has 0 atom stereocenters. The van der Waals surface area contributed by atoms with Crippen molar-refractivity contribution in [3.8, 4) is 22.3 Å². The molecule has 3 aromatic carbocycles. The molecule has 19 heteroatoms. The maximum absolute atomic E-state index is 5.90. The van der Waals surface area contributed by atoms with E-state index >= 15 is 0 Å². The second-order valence-corrected chi connectivity index (χ2v) is 24.8. The van der Waals surface area contributed by atoms with Crippen LogP contribution in [0, 0.1) is 0 Å². The fourth-order valence-electron chi connectivity index (χ4n) is 11.8. The number of halogens is 1. The van der Waals surface area contributed by atoms with Gasteiger partial charge in [-0.1, -0.05) is 46.3 Å². The Morgan fingerprint density at radius 1 is 0.363 bits per heavy atom. The van der Waals surface area contributed by atoms with Crippen LogP contribution in [0.25, 0.3) is 22.3 Å². The van der Waals surface area contributed by atoms with Gasteiger partial charge >= 0.3 is 7.12 Å². The van der Waals surface area contributed by atoms with Gasteiger partial charge in [-0.25, -0.2) is 15.0 Å². The highest BCUT2D eigenvalue weighted by atomic mass is 79.9. The number of benzene rings is 3. The van der Waals surface area contributed by atoms with E-state index < -0.39 is 0 Å². The molecule has 16 rings (SSSR count). The van der Waals surface area contributed by atoms with Crippen LogP contribution in [0.1, 0.15) is 77.8 Å². The number of hydrogen-bond acceptors (Lipinski definition) is 17. The Kier molecular flexibility index (Phi) is 18.7. The lowest BCUT2D eigenvalue weighted by molar-refractivity contribution is 0.00578. The molecule has 460 valence electrons. The van der Waals surface area contributed by atoms with Gasteiger partial charge in [0, 0.05) is 133 Å². The topological polar surface area (TPSA) is 170 Å². The van der Waals surface area contributed by atoms with Crippen LogP contribution in [0.4, 0.5) is 17.5 Å². The van der Waals surface area contributed by atoms with Crippen LogP contribution >= 0.6 is 15.9 Å². The van der Waals surface area contributed by atoms with Crippen LogP contribution in [-0.2, 0) is 43.2 Å². The van der Waals surface area contributed by atoms with Crippen molar-refractivity contribution in [2.24, 2.45) is 15.0 Å². The Balaban J connectivity index is 0.000000113. The van der Waals surface area contributed by atoms with Crippen LogP contribution < -0.4 is 20.2 Å². The molecular weight excluding hydrogens is 1200 g/mol. The summed E-state index contributed by atoms with van der Waals surface area (Å²) in [4.78, 5) is 47.1. The zero-order chi connectivity index (χ0) is 62.2. The van der Waals surface area contributed by atoms with E-state index in [1.807, 2.05) is 114 Å². The van der Waals surface area contributed by atoms with Gasteiger partial charge in [0.2, 0.25) is 0 Å². The Labute approximate surface area is 540 Å². The zero-order valence-corrected chi connectivity index (χ0v) is 53.4. The molecule has 91 heavy (non-hydrogen) atoms. The average Bonchev–Trinajstić information content (AvgIpc) is 2.50. The van der Waals surface area contributed by atoms with Gasteiger partial charge in [0.15, 0.2) is 0 Å². The van der Waals surface area contributed by atoms with Crippen molar-refractivity contribution in [3.05, 3.63) is 238 Å². The van der Waals surface area contributed by atoms with Crippen molar-refractivity contribution in [1.82, 2.24) is 29.9 Å². The number of ether oxygens (including phenoxy) is 3. The number of pyridine rings is 6. The van der Waals surface area contributed by atoms with E-state index in [0.717, 1.165) is 160 Å². The number of anilines is 3. The number of hydrogen-bond donors (Lipinski definition) is 0. The molecule has 13 heterocycles. The lowest BCUT2D eigenvalue weighted by Gasteiger charge is -2.32. The fourth-order valence-corrected chi connectivity index (χ4v) is 12.2. The first-order valence-electron chi connectivity index (χ1n) is 31.1. The van der Waals surface area contributed by atoms with Gasteiger partial charge in [0.25, 0.3) is 0 Å². The van der Waals surface area contributed by atoms with E-state index in [4.69, 9.17) is 38.5 Å². The summed E-state index contributed by atoms with van der Waals surface area (Å²) in [6.07, 6.45) is 16.5. The van der Waals surface area contributed by atoms with Crippen LogP contribution in [0.5, 0.6) is 0 Å². The summed E-state index contributed by atoms with van der Waals surface area (Å²) in [5.41, 5.74) is 19.2. The van der Waals surface area contributed by atoms with Gasteiger partial charge in [-0.3, -0.25) is 29.9 Å². The predicted octanol–water partition coefficient (Wildman–Crippen LogP) is 11.1. The Morgan fingerprint density at radius 3 is 1.07 bits per heavy atom. The molecule has 6 aromatic heterocycles. The molecule has 0 saturated carbocycles. The normalized spacial score (nSPS) is 17.6. The number of nitrogens with zero attached hydrogens (tertiary/aromatic N) is 12. The Bertz CT molecular complexity index is 3920. The molecule has 0 N–H and O–H groups in total. The highest BCUT2D eigenvalue weighted by Crippen LogP contribution is 2.37. The molecule has 4 saturated heterocycles. The molecule has 7 aliphatic heterocycles. The average molecular weight is 1280 g/mol. The summed E-state index contributed by atoms with van der Waals surface area (Å²) < 4.78 is 29.2. The van der Waals surface area contributed by atoms with Crippen molar-refractivity contribution in [3.63, 3.8) is 0 Å². The smallest absolute Gasteiger partial charge is 0.399 e. The minimum absolute atomic E-state index is 0.277. The number of aliphatic imine (C=N–C) groups is 3. The number of rotatable bonds is 9. The molecule has 17 nitrogen and oxygen atoms in total. The van der Waals surface area contributed by atoms with E-state index in [2.05, 4.69) is 145 Å². The summed E-state index contributed by atoms with van der Waals surface area (Å²) in [6, 6.07) is 44.1. The molecule has 4 fully saturated rings. The monoisotopic (exact) mass is 1270 g/mol. The highest BCUT2D eigenvalue weighted by Gasteiger charge is 2.51. The predicted molar refractivity (Wildman–Crippen MR) is 363 cm³/mol. The minimum Gasteiger partial charge on any atom is -0.399 e. The van der Waals surface area contributed by atoms with Crippen molar-refractivity contribution in [2.45, 2.75) is 58.5 Å². The summed E-state index contributed by atoms with van der Waals surface area (Å²) in [5, 5.41) is 0. The van der Waals surface area contributed by atoms with Crippen LogP contribution in [-0.4, -0.2) is 144 Å². The molecule has 0 bridgehead atoms. The Morgan fingerprint density at radius 2 is 0.692 bits per heavy atom. The first-order chi connectivity index (χ1) is 44.5. The van der Waals surface area contributed by atoms with Crippen molar-refractivity contribution < 1.29 is 23.5 Å². The maximum atomic E-state index is 5.90. The molecule has 9 aromatic rings. The number of fused-ring (bicyclic) bond motifs is 3.